The number of hydroxylamine groups is 1. The van der Waals surface area contributed by atoms with Crippen LogP contribution in [0.2, 0.25) is 0 Å². The minimum Gasteiger partial charge on any atom is -0.492 e. The lowest BCUT2D eigenvalue weighted by Gasteiger charge is -2.47. The number of ketones is 1. The van der Waals surface area contributed by atoms with Gasteiger partial charge in [0, 0.05) is 62.2 Å². The van der Waals surface area contributed by atoms with Crippen molar-refractivity contribution < 1.29 is 137 Å². The molecule has 582 valence electrons. The number of benzene rings is 1. The lowest BCUT2D eigenvalue weighted by Crippen LogP contribution is -2.65. The Balaban J connectivity index is 1.13. The molecule has 24 atom stereocenters. The Morgan fingerprint density at radius 1 is 0.913 bits per heavy atom. The summed E-state index contributed by atoms with van der Waals surface area (Å²) >= 11 is 2.65. The van der Waals surface area contributed by atoms with E-state index >= 15 is 0 Å². The summed E-state index contributed by atoms with van der Waals surface area (Å²) in [5.74, 6) is 9.40. The number of nitrogens with one attached hydrogen (secondary N) is 3. The molecular weight excluding hydrogens is 1550 g/mol. The van der Waals surface area contributed by atoms with Crippen LogP contribution in [-0.4, -0.2) is 297 Å². The molecule has 3 amide bonds. The fourth-order valence-corrected chi connectivity index (χ4v) is 16.6. The average molecular weight is 1640 g/mol. The maximum Gasteiger partial charge on any atom is 0.411 e. The highest BCUT2D eigenvalue weighted by molar-refractivity contribution is 14.1. The third-order valence-corrected chi connectivity index (χ3v) is 23.8. The summed E-state index contributed by atoms with van der Waals surface area (Å²) in [6.45, 7) is 9.23. The molecule has 6 aliphatic rings. The molecule has 7 rings (SSSR count). The van der Waals surface area contributed by atoms with Crippen LogP contribution in [0.15, 0.2) is 35.1 Å². The minimum absolute atomic E-state index is 0.0184. The Kier molecular flexibility index (Phi) is 33.5. The van der Waals surface area contributed by atoms with Crippen molar-refractivity contribution in [1.82, 2.24) is 21.0 Å². The van der Waals surface area contributed by atoms with Crippen molar-refractivity contribution in [2.24, 2.45) is 5.73 Å². The summed E-state index contributed by atoms with van der Waals surface area (Å²) in [7, 11) is 8.98. The molecule has 0 aromatic heterocycles. The Hall–Kier alpha value is -4.55. The second kappa shape index (κ2) is 40.2. The number of amides is 3. The van der Waals surface area contributed by atoms with Crippen molar-refractivity contribution in [1.29, 1.82) is 0 Å². The molecule has 33 nitrogen and oxygen atoms in total. The van der Waals surface area contributed by atoms with Gasteiger partial charge in [-0.1, -0.05) is 77.0 Å². The summed E-state index contributed by atoms with van der Waals surface area (Å²) in [6, 6.07) is -3.23. The number of allylic oxidation sites excluding steroid dienone is 3. The number of aliphatic hydroxyl groups excluding tert-OH is 9. The quantitative estimate of drug-likeness (QED) is 0.0105. The zero-order valence-corrected chi connectivity index (χ0v) is 63.8. The summed E-state index contributed by atoms with van der Waals surface area (Å²) in [4.78, 5) is 75.9. The molecular formula is C67H96IN5O28S3. The van der Waals surface area contributed by atoms with E-state index < -0.39 is 176 Å². The first-order chi connectivity index (χ1) is 49.5. The van der Waals surface area contributed by atoms with Gasteiger partial charge in [0.05, 0.1) is 110 Å². The smallest absolute Gasteiger partial charge is 0.411 e. The molecule has 4 fully saturated rings. The molecule has 0 saturated carbocycles. The summed E-state index contributed by atoms with van der Waals surface area (Å²) in [6.07, 6.45) is -22.6. The van der Waals surface area contributed by atoms with Gasteiger partial charge in [-0.3, -0.25) is 29.3 Å². The molecule has 1 aromatic carbocycles. The number of methoxy groups -OCH3 is 5. The molecule has 0 spiro atoms. The monoisotopic (exact) mass is 1640 g/mol. The Bertz CT molecular complexity index is 3350. The number of nitrogens with two attached hydrogens (primary N) is 1. The number of aliphatic hydroxyl groups is 10. The van der Waals surface area contributed by atoms with Gasteiger partial charge in [-0.25, -0.2) is 4.79 Å². The number of hydrogen-bond acceptors (Lipinski definition) is 33. The number of hydrogen-bond donors (Lipinski definition) is 14. The van der Waals surface area contributed by atoms with E-state index in [0.29, 0.717) is 9.13 Å². The van der Waals surface area contributed by atoms with Gasteiger partial charge < -0.3 is 124 Å². The molecule has 4 aliphatic heterocycles. The van der Waals surface area contributed by atoms with E-state index in [1.807, 2.05) is 29.5 Å². The molecule has 2 bridgehead atoms. The second-order valence-electron chi connectivity index (χ2n) is 25.1. The molecule has 1 aromatic rings. The highest BCUT2D eigenvalue weighted by Crippen LogP contribution is 2.49. The van der Waals surface area contributed by atoms with Crippen molar-refractivity contribution in [2.45, 2.75) is 225 Å². The maximum atomic E-state index is 14.5. The van der Waals surface area contributed by atoms with Crippen LogP contribution in [0.5, 0.6) is 17.2 Å². The number of thioether (sulfide) groups is 1. The van der Waals surface area contributed by atoms with Crippen molar-refractivity contribution in [3.05, 3.63) is 49.8 Å². The predicted molar refractivity (Wildman–Crippen MR) is 381 cm³/mol. The number of nitrogens with zero attached hydrogens (tertiary/aromatic N) is 1. The van der Waals surface area contributed by atoms with Gasteiger partial charge >= 0.3 is 6.09 Å². The van der Waals surface area contributed by atoms with Gasteiger partial charge in [0.1, 0.15) is 54.9 Å². The third kappa shape index (κ3) is 20.9. The van der Waals surface area contributed by atoms with Crippen molar-refractivity contribution in [3.8, 4) is 40.9 Å². The first kappa shape index (κ1) is 86.7. The molecule has 22 unspecified atom stereocenters. The van der Waals surface area contributed by atoms with Crippen molar-refractivity contribution >= 4 is 84.7 Å². The van der Waals surface area contributed by atoms with E-state index in [-0.39, 0.29) is 108 Å². The molecule has 37 heteroatoms. The van der Waals surface area contributed by atoms with Crippen LogP contribution in [0.4, 0.5) is 4.79 Å². The Morgan fingerprint density at radius 3 is 2.26 bits per heavy atom. The third-order valence-electron chi connectivity index (χ3n) is 18.3. The number of Topliss-reactive ketones (excluding diaryl/α,β-unsaturated/α-hetero) is 1. The zero-order chi connectivity index (χ0) is 76.6. The highest BCUT2D eigenvalue weighted by atomic mass is 127. The second-order valence-corrected chi connectivity index (χ2v) is 30.1. The molecule has 4 saturated heterocycles. The first-order valence-electron chi connectivity index (χ1n) is 33.5. The van der Waals surface area contributed by atoms with E-state index in [0.717, 1.165) is 18.9 Å². The predicted octanol–water partition coefficient (Wildman–Crippen LogP) is -0.815. The Labute approximate surface area is 628 Å². The van der Waals surface area contributed by atoms with E-state index in [1.165, 1.54) is 67.1 Å². The topological polar surface area (TPSA) is 473 Å². The fraction of sp³-hybridized carbons (Fsp3) is 0.687. The van der Waals surface area contributed by atoms with E-state index in [4.69, 9.17) is 67.4 Å². The number of carbonyl (C=O) groups excluding carboxylic acids is 5. The lowest BCUT2D eigenvalue weighted by molar-refractivity contribution is -0.337. The number of fused-ring (bicyclic) bond motifs is 2. The van der Waals surface area contributed by atoms with Crippen LogP contribution in [0.25, 0.3) is 0 Å². The van der Waals surface area contributed by atoms with Crippen LogP contribution in [-0.2, 0) is 61.9 Å². The van der Waals surface area contributed by atoms with Gasteiger partial charge in [-0.2, -0.15) is 5.48 Å². The van der Waals surface area contributed by atoms with Gasteiger partial charge in [0.2, 0.25) is 29.0 Å². The number of rotatable bonds is 32. The number of ether oxygens (including phenoxy) is 12. The molecule has 2 aliphatic carbocycles. The molecule has 15 N–H and O–H groups in total. The molecule has 104 heavy (non-hydrogen) atoms. The zero-order valence-electron chi connectivity index (χ0n) is 59.2. The lowest BCUT2D eigenvalue weighted by atomic mass is 9.75. The van der Waals surface area contributed by atoms with Gasteiger partial charge in [-0.15, -0.1) is 0 Å². The van der Waals surface area contributed by atoms with Gasteiger partial charge in [0.25, 0.3) is 0 Å². The largest absolute Gasteiger partial charge is 0.492 e. The summed E-state index contributed by atoms with van der Waals surface area (Å²) in [5.41, 5.74) is 6.16. The number of alkyl carbamates (subject to hydrolysis) is 1. The minimum atomic E-state index is -2.25. The van der Waals surface area contributed by atoms with E-state index in [1.54, 1.807) is 40.7 Å². The standard InChI is InChI=1S/C67H96IN5O28S3/c1-12-36(75)56(90-8)55(83)63(85)100-58-48(68)31(4)46(57(91-9)60(58)92-10)64(86)103-61-33(6)95-45(24-37(61)76)101-72-49-32(5)96-65(59(54(49)82)99-44-25-40(89-7)35(29-94-44)73(13-2)43(79)27-69)98-39-18-16-14-15-17-22-67(88)26-38(77)50(71-66(87)93-11)47(39)34(67)21-23-102-104-30(3)19-20-42(78)70-51-53(81)52(80)41(28-74)97-62(51)84/h14-15,21,30,32-33,35-37,39-41,44-45,49,51-56,59,61-63,65,72,74-76,80-85,88H,12-13,19-20,23-29,69H2,1-11H3,(H,70,78)(H,71,87)/b15-14-,34-21+/t30?,32?,33?,35?,36?,37?,39-,40?,41?,44?,45?,49?,51?,52?,53?,54?,55?,56?,59?,61?,62?,63?,65?,67-/m0/s1. The van der Waals surface area contributed by atoms with Crippen molar-refractivity contribution in [2.75, 3.05) is 67.6 Å². The summed E-state index contributed by atoms with van der Waals surface area (Å²) in [5, 5.41) is 114. The molecule has 4 heterocycles. The normalized spacial score (nSPS) is 32.8. The van der Waals surface area contributed by atoms with E-state index in [9.17, 15) is 75.0 Å². The van der Waals surface area contributed by atoms with Crippen molar-refractivity contribution in [3.63, 3.8) is 0 Å². The Morgan fingerprint density at radius 2 is 1.62 bits per heavy atom. The van der Waals surface area contributed by atoms with Crippen LogP contribution >= 0.6 is 55.9 Å². The first-order valence-corrected chi connectivity index (χ1v) is 37.9. The fourth-order valence-electron chi connectivity index (χ4n) is 12.6. The van der Waals surface area contributed by atoms with Gasteiger partial charge in [-0.05, 0) is 80.8 Å². The number of halogens is 1. The van der Waals surface area contributed by atoms with Crippen LogP contribution in [0, 0.1) is 34.2 Å². The van der Waals surface area contributed by atoms with E-state index in [2.05, 4.69) is 39.8 Å². The highest BCUT2D eigenvalue weighted by Gasteiger charge is 2.53. The van der Waals surface area contributed by atoms with Crippen LogP contribution < -0.4 is 36.1 Å². The average Bonchev–Trinajstić information content (AvgIpc) is 0.755. The summed E-state index contributed by atoms with van der Waals surface area (Å²) < 4.78 is 71.4. The number of carbonyl (C=O) groups is 5. The van der Waals surface area contributed by atoms with Gasteiger partial charge in [0.15, 0.2) is 48.0 Å². The van der Waals surface area contributed by atoms with Crippen LogP contribution in [0.3, 0.4) is 0 Å². The SMILES string of the molecule is CCC(O)C(OC)C(O)C(O)Oc1c(I)c(C)c(C(=O)SC2C(O)CC(ONC3C(C)OC(O[C@H]4C#C/C=C\C#C[C@]5(O)CC(=O)C(NC(=O)OC)=C4/C5=C\CSSC(C)CCC(=O)NC4C(O)OC(CO)C(O)C4O)C(OC4CC(OC)C(N(CC)C(=O)CN)CO4)C3O)OC2C)c(OC)c1OC. The van der Waals surface area contributed by atoms with Crippen LogP contribution in [0.1, 0.15) is 89.1 Å². The maximum absolute atomic E-state index is 14.5. The number of likely N-dealkylation sites (N-methyl/N-ethyl adjacent to an activating group) is 1. The molecule has 0 radical (unpaired) electrons.